The summed E-state index contributed by atoms with van der Waals surface area (Å²) >= 11 is 0. The second kappa shape index (κ2) is 5.09. The summed E-state index contributed by atoms with van der Waals surface area (Å²) in [6.07, 6.45) is 2.69. The van der Waals surface area contributed by atoms with Gasteiger partial charge in [-0.2, -0.15) is 0 Å². The molecule has 3 rings (SSSR count). The molecule has 1 aliphatic carbocycles. The van der Waals surface area contributed by atoms with E-state index in [-0.39, 0.29) is 22.9 Å². The van der Waals surface area contributed by atoms with Crippen molar-refractivity contribution in [2.45, 2.75) is 37.6 Å². The average Bonchev–Trinajstić information content (AvgIpc) is 3.07. The molecule has 1 atom stereocenters. The Morgan fingerprint density at radius 2 is 1.89 bits per heavy atom. The van der Waals surface area contributed by atoms with Crippen molar-refractivity contribution in [2.24, 2.45) is 0 Å². The molecule has 5 heteroatoms. The molecule has 0 radical (unpaired) electrons. The van der Waals surface area contributed by atoms with Gasteiger partial charge in [0, 0.05) is 17.4 Å². The molecule has 1 heterocycles. The average molecular weight is 351 g/mol. The van der Waals surface area contributed by atoms with Crippen LogP contribution < -0.4 is 17.0 Å². The standard InChI is InChI=1S/C14H14F3S.BrH/c1-2-9-3-6-12-11(7-9)8-13(10-4-5-10)18(12)14(15,16)17;/h3,6-8,10H,2,4-5H2,1H3;1H/q+1;/p-1. The van der Waals surface area contributed by atoms with Crippen molar-refractivity contribution in [1.82, 2.24) is 0 Å². The maximum atomic E-state index is 13.2. The third-order valence-corrected chi connectivity index (χ3v) is 5.64. The van der Waals surface area contributed by atoms with Crippen molar-refractivity contribution in [1.29, 1.82) is 0 Å². The van der Waals surface area contributed by atoms with E-state index >= 15 is 0 Å². The molecule has 0 spiro atoms. The van der Waals surface area contributed by atoms with E-state index in [4.69, 9.17) is 0 Å². The number of alkyl halides is 3. The minimum Gasteiger partial charge on any atom is -1.00 e. The lowest BCUT2D eigenvalue weighted by Crippen LogP contribution is -3.00. The van der Waals surface area contributed by atoms with Crippen LogP contribution in [0.2, 0.25) is 0 Å². The molecule has 0 nitrogen and oxygen atoms in total. The van der Waals surface area contributed by atoms with Gasteiger partial charge in [0.05, 0.1) is 10.5 Å². The molecular weight excluding hydrogens is 337 g/mol. The predicted octanol–water partition coefficient (Wildman–Crippen LogP) is 2.51. The Kier molecular flexibility index (Phi) is 3.98. The molecule has 0 N–H and O–H groups in total. The summed E-state index contributed by atoms with van der Waals surface area (Å²) in [4.78, 5) is 0.616. The van der Waals surface area contributed by atoms with Gasteiger partial charge in [0.15, 0.2) is 9.58 Å². The van der Waals surface area contributed by atoms with E-state index in [0.717, 1.165) is 30.2 Å². The first-order valence-electron chi connectivity index (χ1n) is 6.16. The number of rotatable bonds is 2. The molecule has 1 aliphatic rings. The minimum atomic E-state index is -4.13. The summed E-state index contributed by atoms with van der Waals surface area (Å²) in [7, 11) is -1.67. The molecule has 0 bridgehead atoms. The first kappa shape index (κ1) is 14.9. The number of hydrogen-bond donors (Lipinski definition) is 0. The van der Waals surface area contributed by atoms with Crippen molar-refractivity contribution >= 4 is 20.6 Å². The fraction of sp³-hybridized carbons (Fsp3) is 0.429. The molecular formula is C14H14BrF3S. The summed E-state index contributed by atoms with van der Waals surface area (Å²) < 4.78 is 40.2. The van der Waals surface area contributed by atoms with Gasteiger partial charge in [-0.05, 0) is 37.0 Å². The lowest BCUT2D eigenvalue weighted by molar-refractivity contribution is -0.0867. The van der Waals surface area contributed by atoms with Crippen LogP contribution >= 0.6 is 10.5 Å². The van der Waals surface area contributed by atoms with Gasteiger partial charge in [-0.1, -0.05) is 13.0 Å². The molecule has 104 valence electrons. The summed E-state index contributed by atoms with van der Waals surface area (Å²) in [6.45, 7) is 2.02. The minimum absolute atomic E-state index is 0. The maximum absolute atomic E-state index is 13.2. The van der Waals surface area contributed by atoms with E-state index in [0.29, 0.717) is 9.58 Å². The van der Waals surface area contributed by atoms with Crippen LogP contribution in [0.3, 0.4) is 0 Å². The fourth-order valence-corrected chi connectivity index (χ4v) is 4.51. The van der Waals surface area contributed by atoms with Crippen LogP contribution in [0.15, 0.2) is 24.3 Å². The summed E-state index contributed by atoms with van der Waals surface area (Å²) in [6, 6.07) is 7.21. The molecule has 0 aliphatic heterocycles. The van der Waals surface area contributed by atoms with Crippen molar-refractivity contribution in [3.8, 4) is 0 Å². The molecule has 1 saturated carbocycles. The SMILES string of the molecule is CCc1ccc2c(c1)cc(C1CC1)[s+]2C(F)(F)F.[Br-]. The first-order chi connectivity index (χ1) is 8.50. The fourth-order valence-electron chi connectivity index (χ4n) is 2.37. The normalized spacial score (nSPS) is 16.5. The highest BCUT2D eigenvalue weighted by Gasteiger charge is 2.51. The molecule has 0 saturated heterocycles. The summed E-state index contributed by atoms with van der Waals surface area (Å²) in [5.74, 6) is 0.174. The molecule has 1 fully saturated rings. The monoisotopic (exact) mass is 350 g/mol. The van der Waals surface area contributed by atoms with Crippen LogP contribution in [-0.2, 0) is 11.9 Å². The Bertz CT molecular complexity index is 596. The zero-order valence-corrected chi connectivity index (χ0v) is 12.8. The largest absolute Gasteiger partial charge is 1.00 e. The Morgan fingerprint density at radius 1 is 1.21 bits per heavy atom. The van der Waals surface area contributed by atoms with Gasteiger partial charge in [0.25, 0.3) is 0 Å². The van der Waals surface area contributed by atoms with Crippen molar-refractivity contribution in [3.05, 3.63) is 34.7 Å². The topological polar surface area (TPSA) is 0 Å². The van der Waals surface area contributed by atoms with Crippen LogP contribution in [0.25, 0.3) is 10.1 Å². The smallest absolute Gasteiger partial charge is 0.600 e. The van der Waals surface area contributed by atoms with Gasteiger partial charge >= 0.3 is 5.51 Å². The van der Waals surface area contributed by atoms with E-state index in [1.807, 2.05) is 19.1 Å². The number of benzene rings is 1. The van der Waals surface area contributed by atoms with E-state index in [2.05, 4.69) is 0 Å². The third kappa shape index (κ3) is 2.68. The third-order valence-electron chi connectivity index (χ3n) is 3.45. The van der Waals surface area contributed by atoms with E-state index in [9.17, 15) is 13.2 Å². The summed E-state index contributed by atoms with van der Waals surface area (Å²) in [5.41, 5.74) is -3.03. The lowest BCUT2D eigenvalue weighted by Gasteiger charge is -1.99. The van der Waals surface area contributed by atoms with E-state index in [1.54, 1.807) is 12.1 Å². The van der Waals surface area contributed by atoms with Gasteiger partial charge in [-0.25, -0.2) is 0 Å². The molecule has 1 unspecified atom stereocenters. The number of thiophene rings is 1. The number of fused-ring (bicyclic) bond motifs is 1. The molecule has 0 amide bonds. The zero-order valence-electron chi connectivity index (χ0n) is 10.4. The van der Waals surface area contributed by atoms with Crippen LogP contribution in [0, 0.1) is 0 Å². The van der Waals surface area contributed by atoms with Gasteiger partial charge in [-0.15, -0.1) is 13.2 Å². The van der Waals surface area contributed by atoms with Crippen LogP contribution in [0.5, 0.6) is 0 Å². The second-order valence-corrected chi connectivity index (χ2v) is 6.79. The molecule has 2 aromatic rings. The van der Waals surface area contributed by atoms with Crippen LogP contribution in [0.4, 0.5) is 13.2 Å². The van der Waals surface area contributed by atoms with Gasteiger partial charge < -0.3 is 17.0 Å². The Balaban J connectivity index is 0.00000133. The zero-order chi connectivity index (χ0) is 12.9. The highest BCUT2D eigenvalue weighted by Crippen LogP contribution is 2.57. The van der Waals surface area contributed by atoms with Crippen molar-refractivity contribution < 1.29 is 30.2 Å². The van der Waals surface area contributed by atoms with Gasteiger partial charge in [-0.3, -0.25) is 0 Å². The Labute approximate surface area is 123 Å². The Hall–Kier alpha value is -0.550. The van der Waals surface area contributed by atoms with E-state index in [1.165, 1.54) is 0 Å². The van der Waals surface area contributed by atoms with Gasteiger partial charge in [0.2, 0.25) is 0 Å². The quantitative estimate of drug-likeness (QED) is 0.730. The van der Waals surface area contributed by atoms with Gasteiger partial charge in [0.1, 0.15) is 0 Å². The maximum Gasteiger partial charge on any atom is 0.600 e. The number of hydrogen-bond acceptors (Lipinski definition) is 0. The summed E-state index contributed by atoms with van der Waals surface area (Å²) in [5, 5.41) is 0.789. The van der Waals surface area contributed by atoms with E-state index < -0.39 is 16.0 Å². The van der Waals surface area contributed by atoms with Crippen LogP contribution in [-0.4, -0.2) is 0 Å². The first-order valence-corrected chi connectivity index (χ1v) is 7.39. The molecule has 1 aromatic carbocycles. The molecule has 19 heavy (non-hydrogen) atoms. The van der Waals surface area contributed by atoms with Crippen molar-refractivity contribution in [2.75, 3.05) is 0 Å². The van der Waals surface area contributed by atoms with Crippen LogP contribution in [0.1, 0.15) is 36.1 Å². The number of aryl methyl sites for hydroxylation is 1. The van der Waals surface area contributed by atoms with Crippen molar-refractivity contribution in [3.63, 3.8) is 0 Å². The highest BCUT2D eigenvalue weighted by molar-refractivity contribution is 7.38. The highest BCUT2D eigenvalue weighted by atomic mass is 79.9. The molecule has 1 aromatic heterocycles. The second-order valence-electron chi connectivity index (χ2n) is 4.80. The predicted molar refractivity (Wildman–Crippen MR) is 69.1 cm³/mol. The number of halogens is 4. The lowest BCUT2D eigenvalue weighted by atomic mass is 10.1. The Morgan fingerprint density at radius 3 is 2.42 bits per heavy atom.